The van der Waals surface area contributed by atoms with E-state index in [0.717, 1.165) is 0 Å². The molecule has 0 spiro atoms. The number of rotatable bonds is 1. The first-order valence-electron chi connectivity index (χ1n) is 3.74. The van der Waals surface area contributed by atoms with Crippen LogP contribution in [0.4, 0.5) is 18.9 Å². The molecule has 0 saturated heterocycles. The molecular formula is C8H7F3N2O3. The van der Waals surface area contributed by atoms with Crippen molar-refractivity contribution in [2.75, 3.05) is 5.73 Å². The normalized spacial score (nSPS) is 9.94. The molecule has 0 amide bonds. The lowest BCUT2D eigenvalue weighted by Gasteiger charge is -1.93. The van der Waals surface area contributed by atoms with Gasteiger partial charge in [-0.25, -0.2) is 4.79 Å². The zero-order chi connectivity index (χ0) is 12.8. The summed E-state index contributed by atoms with van der Waals surface area (Å²) in [6, 6.07) is 3.32. The lowest BCUT2D eigenvalue weighted by atomic mass is 10.3. The first-order chi connectivity index (χ1) is 7.29. The Hall–Kier alpha value is -2.12. The van der Waals surface area contributed by atoms with Gasteiger partial charge in [-0.2, -0.15) is 13.2 Å². The van der Waals surface area contributed by atoms with Gasteiger partial charge in [-0.1, -0.05) is 0 Å². The van der Waals surface area contributed by atoms with Crippen molar-refractivity contribution in [1.82, 2.24) is 4.98 Å². The molecule has 0 aliphatic carbocycles. The van der Waals surface area contributed by atoms with Gasteiger partial charge in [-0.15, -0.1) is 0 Å². The van der Waals surface area contributed by atoms with Crippen molar-refractivity contribution in [2.45, 2.75) is 6.18 Å². The third-order valence-corrected chi connectivity index (χ3v) is 1.23. The number of aliphatic carboxylic acids is 1. The molecule has 1 aromatic heterocycles. The Morgan fingerprint density at radius 1 is 1.50 bits per heavy atom. The number of carbonyl (C=O) groups excluding carboxylic acids is 1. The molecule has 0 aliphatic rings. The number of aromatic nitrogens is 1. The molecule has 0 unspecified atom stereocenters. The topological polar surface area (TPSA) is 93.3 Å². The Morgan fingerprint density at radius 2 is 2.00 bits per heavy atom. The lowest BCUT2D eigenvalue weighted by molar-refractivity contribution is -0.192. The minimum Gasteiger partial charge on any atom is -0.475 e. The van der Waals surface area contributed by atoms with E-state index in [4.69, 9.17) is 15.6 Å². The van der Waals surface area contributed by atoms with Crippen molar-refractivity contribution in [3.05, 3.63) is 24.0 Å². The smallest absolute Gasteiger partial charge is 0.475 e. The Labute approximate surface area is 87.7 Å². The Bertz CT molecular complexity index is 379. The number of nitrogens with two attached hydrogens (primary N) is 1. The highest BCUT2D eigenvalue weighted by molar-refractivity contribution is 5.79. The van der Waals surface area contributed by atoms with E-state index in [0.29, 0.717) is 17.7 Å². The summed E-state index contributed by atoms with van der Waals surface area (Å²) in [5.74, 6) is -2.76. The molecule has 1 rings (SSSR count). The average molecular weight is 236 g/mol. The van der Waals surface area contributed by atoms with Gasteiger partial charge in [-0.05, 0) is 12.1 Å². The van der Waals surface area contributed by atoms with Crippen molar-refractivity contribution in [1.29, 1.82) is 0 Å². The van der Waals surface area contributed by atoms with Crippen LogP contribution in [0.2, 0.25) is 0 Å². The van der Waals surface area contributed by atoms with Gasteiger partial charge in [0, 0.05) is 6.20 Å². The number of carboxylic acid groups (broad SMARTS) is 1. The van der Waals surface area contributed by atoms with Crippen LogP contribution in [-0.4, -0.2) is 28.5 Å². The van der Waals surface area contributed by atoms with Gasteiger partial charge in [0.2, 0.25) is 0 Å². The maximum atomic E-state index is 10.6. The number of carboxylic acids is 1. The average Bonchev–Trinajstić information content (AvgIpc) is 2.18. The van der Waals surface area contributed by atoms with Gasteiger partial charge in [-0.3, -0.25) is 9.78 Å². The number of nitrogens with zero attached hydrogens (tertiary/aromatic N) is 1. The van der Waals surface area contributed by atoms with E-state index < -0.39 is 12.1 Å². The van der Waals surface area contributed by atoms with E-state index in [1.165, 1.54) is 6.20 Å². The first-order valence-corrected chi connectivity index (χ1v) is 3.74. The maximum absolute atomic E-state index is 10.6. The molecule has 8 heteroatoms. The zero-order valence-corrected chi connectivity index (χ0v) is 7.73. The highest BCUT2D eigenvalue weighted by atomic mass is 19.4. The van der Waals surface area contributed by atoms with E-state index in [1.807, 2.05) is 0 Å². The van der Waals surface area contributed by atoms with Crippen molar-refractivity contribution < 1.29 is 27.9 Å². The fourth-order valence-corrected chi connectivity index (χ4v) is 0.528. The van der Waals surface area contributed by atoms with Crippen LogP contribution in [0, 0.1) is 0 Å². The molecule has 0 bridgehead atoms. The molecule has 0 saturated carbocycles. The summed E-state index contributed by atoms with van der Waals surface area (Å²) >= 11 is 0. The predicted octanol–water partition coefficient (Wildman–Crippen LogP) is 1.11. The minimum atomic E-state index is -5.08. The van der Waals surface area contributed by atoms with Crippen molar-refractivity contribution >= 4 is 17.9 Å². The number of carbonyl (C=O) groups is 2. The third kappa shape index (κ3) is 4.94. The van der Waals surface area contributed by atoms with Crippen molar-refractivity contribution in [3.8, 4) is 0 Å². The van der Waals surface area contributed by atoms with Crippen LogP contribution in [0.15, 0.2) is 18.3 Å². The first kappa shape index (κ1) is 13.9. The maximum Gasteiger partial charge on any atom is 0.490 e. The molecule has 1 aromatic rings. The monoisotopic (exact) mass is 236 g/mol. The molecule has 0 fully saturated rings. The zero-order valence-electron chi connectivity index (χ0n) is 7.73. The van der Waals surface area contributed by atoms with Crippen LogP contribution in [0.5, 0.6) is 0 Å². The number of nitrogen functional groups attached to an aromatic ring is 1. The van der Waals surface area contributed by atoms with Gasteiger partial charge in [0.15, 0.2) is 6.29 Å². The Kier molecular flexibility index (Phi) is 4.93. The third-order valence-electron chi connectivity index (χ3n) is 1.23. The summed E-state index contributed by atoms with van der Waals surface area (Å²) in [4.78, 5) is 22.7. The minimum absolute atomic E-state index is 0.303. The van der Waals surface area contributed by atoms with Gasteiger partial charge < -0.3 is 10.8 Å². The number of hydrogen-bond acceptors (Lipinski definition) is 4. The highest BCUT2D eigenvalue weighted by Crippen LogP contribution is 2.13. The number of halogens is 3. The number of hydrogen-bond donors (Lipinski definition) is 2. The number of aldehydes is 1. The summed E-state index contributed by atoms with van der Waals surface area (Å²) < 4.78 is 31.7. The molecular weight excluding hydrogens is 229 g/mol. The van der Waals surface area contributed by atoms with Gasteiger partial charge in [0.1, 0.15) is 5.69 Å². The summed E-state index contributed by atoms with van der Waals surface area (Å²) in [7, 11) is 0. The number of anilines is 1. The van der Waals surface area contributed by atoms with E-state index >= 15 is 0 Å². The standard InChI is InChI=1S/C6H6N2O.C2HF3O2/c7-5-2-1-3-8-6(5)4-9;3-2(4,5)1(6)7/h1-4H,7H2;(H,6,7). The summed E-state index contributed by atoms with van der Waals surface area (Å²) in [5.41, 5.74) is 6.06. The second-order valence-corrected chi connectivity index (χ2v) is 2.40. The summed E-state index contributed by atoms with van der Waals surface area (Å²) in [5, 5.41) is 7.12. The molecule has 88 valence electrons. The molecule has 0 aliphatic heterocycles. The SMILES string of the molecule is Nc1cccnc1C=O.O=C(O)C(F)(F)F. The summed E-state index contributed by atoms with van der Waals surface area (Å²) in [6.45, 7) is 0. The molecule has 1 heterocycles. The van der Waals surface area contributed by atoms with E-state index in [1.54, 1.807) is 12.1 Å². The predicted molar refractivity (Wildman–Crippen MR) is 47.7 cm³/mol. The van der Waals surface area contributed by atoms with Crippen LogP contribution < -0.4 is 5.73 Å². The number of pyridine rings is 1. The van der Waals surface area contributed by atoms with Gasteiger partial charge in [0.05, 0.1) is 5.69 Å². The summed E-state index contributed by atoms with van der Waals surface area (Å²) in [6.07, 6.45) is -2.92. The van der Waals surface area contributed by atoms with Crippen LogP contribution in [-0.2, 0) is 4.79 Å². The second kappa shape index (κ2) is 5.69. The molecule has 5 nitrogen and oxygen atoms in total. The van der Waals surface area contributed by atoms with Crippen LogP contribution in [0.25, 0.3) is 0 Å². The number of alkyl halides is 3. The van der Waals surface area contributed by atoms with Gasteiger partial charge in [0.25, 0.3) is 0 Å². The van der Waals surface area contributed by atoms with Crippen LogP contribution in [0.1, 0.15) is 10.5 Å². The van der Waals surface area contributed by atoms with Crippen LogP contribution >= 0.6 is 0 Å². The lowest BCUT2D eigenvalue weighted by Crippen LogP contribution is -2.21. The van der Waals surface area contributed by atoms with Crippen molar-refractivity contribution in [3.63, 3.8) is 0 Å². The van der Waals surface area contributed by atoms with Crippen molar-refractivity contribution in [2.24, 2.45) is 0 Å². The molecule has 16 heavy (non-hydrogen) atoms. The Balaban J connectivity index is 0.000000293. The van der Waals surface area contributed by atoms with Gasteiger partial charge >= 0.3 is 12.1 Å². The second-order valence-electron chi connectivity index (χ2n) is 2.40. The van der Waals surface area contributed by atoms with E-state index in [9.17, 15) is 18.0 Å². The van der Waals surface area contributed by atoms with E-state index in [2.05, 4.69) is 4.98 Å². The highest BCUT2D eigenvalue weighted by Gasteiger charge is 2.38. The van der Waals surface area contributed by atoms with E-state index in [-0.39, 0.29) is 0 Å². The quantitative estimate of drug-likeness (QED) is 0.712. The largest absolute Gasteiger partial charge is 0.490 e. The fraction of sp³-hybridized carbons (Fsp3) is 0.125. The Morgan fingerprint density at radius 3 is 2.25 bits per heavy atom. The molecule has 0 atom stereocenters. The molecule has 0 aromatic carbocycles. The van der Waals surface area contributed by atoms with Crippen LogP contribution in [0.3, 0.4) is 0 Å². The molecule has 0 radical (unpaired) electrons. The molecule has 3 N–H and O–H groups in total. The fourth-order valence-electron chi connectivity index (χ4n) is 0.528.